The van der Waals surface area contributed by atoms with E-state index in [1.807, 2.05) is 6.07 Å². The summed E-state index contributed by atoms with van der Waals surface area (Å²) in [6.45, 7) is 6.07. The molecule has 33 heavy (non-hydrogen) atoms. The van der Waals surface area contributed by atoms with E-state index in [0.717, 1.165) is 58.8 Å². The summed E-state index contributed by atoms with van der Waals surface area (Å²) < 4.78 is 20.5. The summed E-state index contributed by atoms with van der Waals surface area (Å²) in [4.78, 5) is 3.37. The van der Waals surface area contributed by atoms with Crippen LogP contribution < -0.4 is 9.64 Å². The molecule has 2 aromatic carbocycles. The Morgan fingerprint density at radius 2 is 1.97 bits per heavy atom. The predicted octanol–water partition coefficient (Wildman–Crippen LogP) is 8.75. The van der Waals surface area contributed by atoms with Crippen LogP contribution in [0.2, 0.25) is 5.02 Å². The number of allylic oxidation sites excluding steroid dienone is 4. The minimum absolute atomic E-state index is 0.100. The zero-order chi connectivity index (χ0) is 23.7. The summed E-state index contributed by atoms with van der Waals surface area (Å²) in [6.07, 6.45) is 5.84. The largest absolute Gasteiger partial charge is 0.495 e. The van der Waals surface area contributed by atoms with E-state index in [1.165, 1.54) is 16.8 Å². The molecule has 2 unspecified atom stereocenters. The van der Waals surface area contributed by atoms with Crippen LogP contribution in [0.4, 0.5) is 10.1 Å². The Morgan fingerprint density at radius 3 is 2.61 bits per heavy atom. The SMILES string of the molecule is CCC1=C2C(CC)CC(c3cccc(SC)c3OC)c3cc(Cl)ccc3N2C(CF)=C(C)C1. The van der Waals surface area contributed by atoms with Crippen LogP contribution in [0.25, 0.3) is 0 Å². The molecule has 2 heterocycles. The van der Waals surface area contributed by atoms with Crippen LogP contribution in [0.5, 0.6) is 5.75 Å². The Balaban J connectivity index is 2.04. The van der Waals surface area contributed by atoms with Crippen molar-refractivity contribution in [1.82, 2.24) is 0 Å². The van der Waals surface area contributed by atoms with Crippen LogP contribution in [0, 0.1) is 5.92 Å². The van der Waals surface area contributed by atoms with Gasteiger partial charge in [0.25, 0.3) is 0 Å². The number of anilines is 1. The lowest BCUT2D eigenvalue weighted by molar-refractivity contribution is 0.393. The monoisotopic (exact) mass is 485 g/mol. The van der Waals surface area contributed by atoms with Gasteiger partial charge in [-0.3, -0.25) is 0 Å². The predicted molar refractivity (Wildman–Crippen MR) is 140 cm³/mol. The van der Waals surface area contributed by atoms with Crippen molar-refractivity contribution in [3.63, 3.8) is 0 Å². The molecular weight excluding hydrogens is 453 g/mol. The minimum Gasteiger partial charge on any atom is -0.495 e. The average molecular weight is 486 g/mol. The summed E-state index contributed by atoms with van der Waals surface area (Å²) >= 11 is 8.26. The van der Waals surface area contributed by atoms with E-state index >= 15 is 0 Å². The van der Waals surface area contributed by atoms with Crippen molar-refractivity contribution in [3.05, 3.63) is 75.1 Å². The van der Waals surface area contributed by atoms with Gasteiger partial charge in [0.2, 0.25) is 0 Å². The maximum atomic E-state index is 14.5. The topological polar surface area (TPSA) is 12.5 Å². The van der Waals surface area contributed by atoms with Gasteiger partial charge < -0.3 is 9.64 Å². The number of alkyl halides is 1. The summed E-state index contributed by atoms with van der Waals surface area (Å²) in [6, 6.07) is 12.5. The first-order valence-corrected chi connectivity index (χ1v) is 13.4. The Kier molecular flexibility index (Phi) is 7.45. The van der Waals surface area contributed by atoms with E-state index < -0.39 is 6.67 Å². The first-order valence-electron chi connectivity index (χ1n) is 11.8. The Bertz CT molecular complexity index is 1110. The molecule has 4 rings (SSSR count). The average Bonchev–Trinajstić information content (AvgIpc) is 2.97. The van der Waals surface area contributed by atoms with Gasteiger partial charge in [-0.15, -0.1) is 11.8 Å². The van der Waals surface area contributed by atoms with Gasteiger partial charge in [-0.1, -0.05) is 37.6 Å². The van der Waals surface area contributed by atoms with E-state index in [1.54, 1.807) is 18.9 Å². The Morgan fingerprint density at radius 1 is 1.18 bits per heavy atom. The number of para-hydroxylation sites is 1. The quantitative estimate of drug-likeness (QED) is 0.379. The van der Waals surface area contributed by atoms with Gasteiger partial charge in [0.1, 0.15) is 12.4 Å². The van der Waals surface area contributed by atoms with E-state index in [9.17, 15) is 4.39 Å². The maximum Gasteiger partial charge on any atom is 0.136 e. The first-order chi connectivity index (χ1) is 16.0. The lowest BCUT2D eigenvalue weighted by Gasteiger charge is -2.38. The molecule has 0 aromatic heterocycles. The zero-order valence-corrected chi connectivity index (χ0v) is 21.7. The molecule has 0 aliphatic carbocycles. The summed E-state index contributed by atoms with van der Waals surface area (Å²) in [7, 11) is 1.75. The number of nitrogens with zero attached hydrogens (tertiary/aromatic N) is 1. The van der Waals surface area contributed by atoms with E-state index in [2.05, 4.69) is 62.3 Å². The number of benzene rings is 2. The van der Waals surface area contributed by atoms with Crippen LogP contribution in [0.3, 0.4) is 0 Å². The highest BCUT2D eigenvalue weighted by Gasteiger charge is 2.38. The second kappa shape index (κ2) is 10.1. The van der Waals surface area contributed by atoms with Gasteiger partial charge in [-0.05, 0) is 79.8 Å². The number of hydrogen-bond acceptors (Lipinski definition) is 3. The van der Waals surface area contributed by atoms with E-state index in [0.29, 0.717) is 10.9 Å². The lowest BCUT2D eigenvalue weighted by Crippen LogP contribution is -2.32. The van der Waals surface area contributed by atoms with Crippen molar-refractivity contribution >= 4 is 29.1 Å². The summed E-state index contributed by atoms with van der Waals surface area (Å²) in [5, 5.41) is 0.703. The van der Waals surface area contributed by atoms with Crippen LogP contribution in [0.15, 0.2) is 63.8 Å². The molecule has 0 radical (unpaired) electrons. The number of halogens is 2. The number of rotatable bonds is 6. The fraction of sp³-hybridized carbons (Fsp3) is 0.429. The van der Waals surface area contributed by atoms with Gasteiger partial charge >= 0.3 is 0 Å². The summed E-state index contributed by atoms with van der Waals surface area (Å²) in [5.74, 6) is 1.34. The minimum atomic E-state index is -0.471. The van der Waals surface area contributed by atoms with Crippen molar-refractivity contribution in [2.45, 2.75) is 57.3 Å². The third kappa shape index (κ3) is 4.21. The number of hydrogen-bond donors (Lipinski definition) is 0. The number of ether oxygens (including phenoxy) is 1. The third-order valence-electron chi connectivity index (χ3n) is 7.21. The second-order valence-electron chi connectivity index (χ2n) is 8.89. The molecule has 2 atom stereocenters. The zero-order valence-electron chi connectivity index (χ0n) is 20.2. The number of fused-ring (bicyclic) bond motifs is 3. The molecule has 0 saturated heterocycles. The molecule has 176 valence electrons. The van der Waals surface area contributed by atoms with Crippen LogP contribution >= 0.6 is 23.4 Å². The Hall–Kier alpha value is -1.91. The normalized spacial score (nSPS) is 20.5. The van der Waals surface area contributed by atoms with Crippen LogP contribution in [-0.4, -0.2) is 20.0 Å². The molecule has 0 amide bonds. The maximum absolute atomic E-state index is 14.5. The molecule has 0 bridgehead atoms. The van der Waals surface area contributed by atoms with Gasteiger partial charge in [-0.2, -0.15) is 0 Å². The fourth-order valence-electron chi connectivity index (χ4n) is 5.61. The standard InChI is InChI=1S/C28H33ClFNOS/c1-6-18-13-17(3)25(16-30)31-24-12-11-20(29)15-23(24)22(14-19(7-2)27(18)31)21-9-8-10-26(33-5)28(21)32-4/h8-12,15,19,22H,6-7,13-14,16H2,1-5H3. The molecule has 2 aliphatic rings. The second-order valence-corrected chi connectivity index (χ2v) is 10.2. The first kappa shape index (κ1) is 24.2. The highest BCUT2D eigenvalue weighted by Crippen LogP contribution is 2.52. The van der Waals surface area contributed by atoms with E-state index in [4.69, 9.17) is 16.3 Å². The molecule has 5 heteroatoms. The molecular formula is C28H33ClFNOS. The Labute approximate surface area is 206 Å². The van der Waals surface area contributed by atoms with Crippen LogP contribution in [0.1, 0.15) is 63.5 Å². The molecule has 0 N–H and O–H groups in total. The van der Waals surface area contributed by atoms with Gasteiger partial charge in [0.15, 0.2) is 0 Å². The summed E-state index contributed by atoms with van der Waals surface area (Å²) in [5.41, 5.74) is 7.98. The van der Waals surface area contributed by atoms with Crippen molar-refractivity contribution < 1.29 is 9.13 Å². The van der Waals surface area contributed by atoms with Crippen LogP contribution in [-0.2, 0) is 0 Å². The third-order valence-corrected chi connectivity index (χ3v) is 8.21. The number of thioether (sulfide) groups is 1. The smallest absolute Gasteiger partial charge is 0.136 e. The van der Waals surface area contributed by atoms with Crippen molar-refractivity contribution in [1.29, 1.82) is 0 Å². The molecule has 2 aromatic rings. The van der Waals surface area contributed by atoms with Crippen molar-refractivity contribution in [2.75, 3.05) is 24.9 Å². The molecule has 2 nitrogen and oxygen atoms in total. The highest BCUT2D eigenvalue weighted by atomic mass is 35.5. The molecule has 0 saturated carbocycles. The van der Waals surface area contributed by atoms with E-state index in [-0.39, 0.29) is 5.92 Å². The van der Waals surface area contributed by atoms with Gasteiger partial charge in [-0.25, -0.2) is 4.39 Å². The highest BCUT2D eigenvalue weighted by molar-refractivity contribution is 7.98. The van der Waals surface area contributed by atoms with Gasteiger partial charge in [0, 0.05) is 38.7 Å². The fourth-order valence-corrected chi connectivity index (χ4v) is 6.39. The molecule has 0 fully saturated rings. The molecule has 0 spiro atoms. The number of methoxy groups -OCH3 is 1. The molecule has 2 aliphatic heterocycles. The van der Waals surface area contributed by atoms with Crippen molar-refractivity contribution in [3.8, 4) is 5.75 Å². The lowest BCUT2D eigenvalue weighted by atomic mass is 9.80. The van der Waals surface area contributed by atoms with Gasteiger partial charge in [0.05, 0.1) is 12.8 Å². The van der Waals surface area contributed by atoms with Crippen molar-refractivity contribution in [2.24, 2.45) is 5.92 Å².